The average molecular weight is 365 g/mol. The fourth-order valence-electron chi connectivity index (χ4n) is 4.72. The third kappa shape index (κ3) is 2.74. The highest BCUT2D eigenvalue weighted by molar-refractivity contribution is 5.96. The summed E-state index contributed by atoms with van der Waals surface area (Å²) in [6.45, 7) is 4.47. The molecule has 5 rings (SSSR count). The molecule has 138 valence electrons. The number of fused-ring (bicyclic) bond motifs is 2. The van der Waals surface area contributed by atoms with Crippen LogP contribution in [0.15, 0.2) is 66.7 Å². The van der Waals surface area contributed by atoms with E-state index in [9.17, 15) is 0 Å². The van der Waals surface area contributed by atoms with E-state index in [2.05, 4.69) is 92.2 Å². The van der Waals surface area contributed by atoms with Gasteiger partial charge >= 0.3 is 0 Å². The van der Waals surface area contributed by atoms with Crippen molar-refractivity contribution in [3.63, 3.8) is 0 Å². The molecule has 0 N–H and O–H groups in total. The summed E-state index contributed by atoms with van der Waals surface area (Å²) in [6, 6.07) is 24.7. The fourth-order valence-corrected chi connectivity index (χ4v) is 4.72. The lowest BCUT2D eigenvalue weighted by Gasteiger charge is -2.13. The maximum Gasteiger partial charge on any atom is 0.220 e. The van der Waals surface area contributed by atoms with Crippen LogP contribution in [-0.4, -0.2) is 0 Å². The zero-order valence-electron chi connectivity index (χ0n) is 16.9. The molecule has 0 radical (unpaired) electrons. The summed E-state index contributed by atoms with van der Waals surface area (Å²) in [5.41, 5.74) is 11.0. The van der Waals surface area contributed by atoms with Crippen LogP contribution in [0, 0.1) is 13.8 Å². The van der Waals surface area contributed by atoms with Crippen LogP contribution in [0.5, 0.6) is 0 Å². The van der Waals surface area contributed by atoms with Gasteiger partial charge in [-0.25, -0.2) is 0 Å². The maximum absolute atomic E-state index is 2.46. The van der Waals surface area contributed by atoms with Gasteiger partial charge in [-0.3, -0.25) is 0 Å². The molecule has 1 heterocycles. The van der Waals surface area contributed by atoms with Crippen molar-refractivity contribution in [2.75, 3.05) is 0 Å². The standard InChI is InChI=1S/C27H26N/c1-18-14-21-10-7-11-22(21)17-26(18)27-25-13-12-23(20-8-5-4-6-9-20)16-24(25)15-19(2)28(27)3/h4-6,8-9,12-17H,7,10-11H2,1-3H3/q+1. The maximum atomic E-state index is 2.46. The van der Waals surface area contributed by atoms with Crippen molar-refractivity contribution in [3.05, 3.63) is 89.1 Å². The molecule has 0 saturated carbocycles. The molecule has 0 bridgehead atoms. The molecule has 0 fully saturated rings. The fraction of sp³-hybridized carbons (Fsp3) is 0.222. The molecular formula is C27H26N+. The van der Waals surface area contributed by atoms with E-state index in [1.807, 2.05) is 0 Å². The van der Waals surface area contributed by atoms with E-state index in [0.717, 1.165) is 0 Å². The second-order valence-corrected chi connectivity index (χ2v) is 8.15. The van der Waals surface area contributed by atoms with Crippen molar-refractivity contribution >= 4 is 10.8 Å². The van der Waals surface area contributed by atoms with Crippen molar-refractivity contribution in [2.45, 2.75) is 33.1 Å². The number of nitrogens with zero attached hydrogens (tertiary/aromatic N) is 1. The number of rotatable bonds is 2. The van der Waals surface area contributed by atoms with Crippen molar-refractivity contribution in [1.82, 2.24) is 0 Å². The van der Waals surface area contributed by atoms with Crippen molar-refractivity contribution < 1.29 is 4.57 Å². The predicted molar refractivity (Wildman–Crippen MR) is 117 cm³/mol. The van der Waals surface area contributed by atoms with E-state index >= 15 is 0 Å². The lowest BCUT2D eigenvalue weighted by molar-refractivity contribution is -0.665. The second kappa shape index (κ2) is 6.60. The summed E-state index contributed by atoms with van der Waals surface area (Å²) in [7, 11) is 2.20. The van der Waals surface area contributed by atoms with Crippen LogP contribution in [0.3, 0.4) is 0 Å². The highest BCUT2D eigenvalue weighted by Crippen LogP contribution is 2.35. The van der Waals surface area contributed by atoms with E-state index in [-0.39, 0.29) is 0 Å². The minimum atomic E-state index is 1.22. The highest BCUT2D eigenvalue weighted by atomic mass is 14.9. The van der Waals surface area contributed by atoms with Crippen LogP contribution >= 0.6 is 0 Å². The van der Waals surface area contributed by atoms with Gasteiger partial charge in [-0.15, -0.1) is 0 Å². The smallest absolute Gasteiger partial charge is 0.198 e. The van der Waals surface area contributed by atoms with Gasteiger partial charge in [-0.2, -0.15) is 4.57 Å². The molecule has 0 atom stereocenters. The first-order valence-electron chi connectivity index (χ1n) is 10.2. The number of hydrogen-bond acceptors (Lipinski definition) is 0. The Labute approximate surface area is 167 Å². The SMILES string of the molecule is Cc1cc2c(cc1-c1c3ccc(-c4ccccc4)cc3cc(C)[n+]1C)CCC2. The van der Waals surface area contributed by atoms with Gasteiger partial charge in [0.1, 0.15) is 7.05 Å². The summed E-state index contributed by atoms with van der Waals surface area (Å²) < 4.78 is 2.36. The monoisotopic (exact) mass is 364 g/mol. The van der Waals surface area contributed by atoms with Gasteiger partial charge in [-0.1, -0.05) is 42.5 Å². The molecule has 0 saturated heterocycles. The van der Waals surface area contributed by atoms with Crippen LogP contribution in [0.4, 0.5) is 0 Å². The minimum Gasteiger partial charge on any atom is -0.198 e. The second-order valence-electron chi connectivity index (χ2n) is 8.15. The quantitative estimate of drug-likeness (QED) is 0.378. The molecule has 1 aromatic heterocycles. The van der Waals surface area contributed by atoms with E-state index < -0.39 is 0 Å². The number of hydrogen-bond donors (Lipinski definition) is 0. The molecule has 1 nitrogen and oxygen atoms in total. The topological polar surface area (TPSA) is 3.88 Å². The molecule has 4 aromatic rings. The van der Waals surface area contributed by atoms with E-state index in [4.69, 9.17) is 0 Å². The highest BCUT2D eigenvalue weighted by Gasteiger charge is 2.22. The Hall–Kier alpha value is -2.93. The van der Waals surface area contributed by atoms with Gasteiger partial charge in [0.2, 0.25) is 5.69 Å². The average Bonchev–Trinajstić information content (AvgIpc) is 3.16. The third-order valence-electron chi connectivity index (χ3n) is 6.34. The summed E-state index contributed by atoms with van der Waals surface area (Å²) in [5, 5.41) is 2.64. The number of aryl methyl sites for hydroxylation is 4. The van der Waals surface area contributed by atoms with Crippen molar-refractivity contribution in [1.29, 1.82) is 0 Å². The van der Waals surface area contributed by atoms with Gasteiger partial charge < -0.3 is 0 Å². The van der Waals surface area contributed by atoms with Crippen molar-refractivity contribution in [2.24, 2.45) is 7.05 Å². The zero-order valence-corrected chi connectivity index (χ0v) is 16.9. The Morgan fingerprint density at radius 3 is 2.29 bits per heavy atom. The lowest BCUT2D eigenvalue weighted by atomic mass is 9.93. The number of pyridine rings is 1. The third-order valence-corrected chi connectivity index (χ3v) is 6.34. The van der Waals surface area contributed by atoms with Gasteiger partial charge in [-0.05, 0) is 77.6 Å². The van der Waals surface area contributed by atoms with Crippen LogP contribution in [0.1, 0.15) is 28.8 Å². The van der Waals surface area contributed by atoms with Crippen LogP contribution in [0.25, 0.3) is 33.2 Å². The van der Waals surface area contributed by atoms with Gasteiger partial charge in [0, 0.05) is 13.0 Å². The Kier molecular flexibility index (Phi) is 4.05. The number of benzene rings is 3. The molecule has 0 unspecified atom stereocenters. The molecular weight excluding hydrogens is 338 g/mol. The van der Waals surface area contributed by atoms with E-state index in [0.29, 0.717) is 0 Å². The van der Waals surface area contributed by atoms with E-state index in [1.165, 1.54) is 69.2 Å². The van der Waals surface area contributed by atoms with Crippen LogP contribution < -0.4 is 4.57 Å². The molecule has 1 aliphatic rings. The molecule has 3 aromatic carbocycles. The van der Waals surface area contributed by atoms with Crippen LogP contribution in [-0.2, 0) is 19.9 Å². The normalized spacial score (nSPS) is 13.1. The first-order chi connectivity index (χ1) is 13.6. The molecule has 0 spiro atoms. The lowest BCUT2D eigenvalue weighted by Crippen LogP contribution is -2.35. The first kappa shape index (κ1) is 17.2. The Morgan fingerprint density at radius 2 is 1.50 bits per heavy atom. The molecule has 1 heteroatoms. The summed E-state index contributed by atoms with van der Waals surface area (Å²) in [5.74, 6) is 0. The minimum absolute atomic E-state index is 1.22. The molecule has 28 heavy (non-hydrogen) atoms. The van der Waals surface area contributed by atoms with E-state index in [1.54, 1.807) is 5.56 Å². The first-order valence-corrected chi connectivity index (χ1v) is 10.2. The van der Waals surface area contributed by atoms with Gasteiger partial charge in [0.05, 0.1) is 10.9 Å². The molecule has 0 aliphatic heterocycles. The Bertz CT molecular complexity index is 1200. The largest absolute Gasteiger partial charge is 0.220 e. The Balaban J connectivity index is 1.76. The zero-order chi connectivity index (χ0) is 19.3. The van der Waals surface area contributed by atoms with Gasteiger partial charge in [0.15, 0.2) is 5.69 Å². The predicted octanol–water partition coefficient (Wildman–Crippen LogP) is 6.10. The molecule has 0 amide bonds. The van der Waals surface area contributed by atoms with Crippen molar-refractivity contribution in [3.8, 4) is 22.4 Å². The number of aromatic nitrogens is 1. The van der Waals surface area contributed by atoms with Crippen LogP contribution in [0.2, 0.25) is 0 Å². The summed E-state index contributed by atoms with van der Waals surface area (Å²) in [6.07, 6.45) is 3.74. The summed E-state index contributed by atoms with van der Waals surface area (Å²) >= 11 is 0. The molecule has 1 aliphatic carbocycles. The van der Waals surface area contributed by atoms with Gasteiger partial charge in [0.25, 0.3) is 0 Å². The summed E-state index contributed by atoms with van der Waals surface area (Å²) in [4.78, 5) is 0. The Morgan fingerprint density at radius 1 is 0.750 bits per heavy atom.